The van der Waals surface area contributed by atoms with Gasteiger partial charge in [0.25, 0.3) is 5.91 Å². The SMILES string of the molecule is Cc1ccc(C)c2sc(NC(=O)c3cc(C)n(C)n3)nc12. The smallest absolute Gasteiger partial charge is 0.277 e. The normalized spacial score (nSPS) is 11.0. The molecule has 1 aromatic carbocycles. The number of aromatic nitrogens is 3. The van der Waals surface area contributed by atoms with Gasteiger partial charge in [-0.1, -0.05) is 23.5 Å². The van der Waals surface area contributed by atoms with Crippen LogP contribution in [0.3, 0.4) is 0 Å². The Balaban J connectivity index is 1.93. The summed E-state index contributed by atoms with van der Waals surface area (Å²) in [5.74, 6) is -0.229. The van der Waals surface area contributed by atoms with Crippen molar-refractivity contribution in [3.05, 3.63) is 40.7 Å². The Kier molecular flexibility index (Phi) is 3.25. The van der Waals surface area contributed by atoms with Gasteiger partial charge in [-0.2, -0.15) is 5.10 Å². The van der Waals surface area contributed by atoms with Gasteiger partial charge in [-0.15, -0.1) is 0 Å². The van der Waals surface area contributed by atoms with Crippen LogP contribution < -0.4 is 5.32 Å². The molecule has 1 N–H and O–H groups in total. The highest BCUT2D eigenvalue weighted by atomic mass is 32.1. The zero-order valence-corrected chi connectivity index (χ0v) is 13.2. The summed E-state index contributed by atoms with van der Waals surface area (Å²) in [6.07, 6.45) is 0. The highest BCUT2D eigenvalue weighted by Crippen LogP contribution is 2.31. The molecule has 108 valence electrons. The fraction of sp³-hybridized carbons (Fsp3) is 0.267. The van der Waals surface area contributed by atoms with Crippen LogP contribution in [0.2, 0.25) is 0 Å². The Morgan fingerprint density at radius 2 is 1.95 bits per heavy atom. The number of carbonyl (C=O) groups excluding carboxylic acids is 1. The van der Waals surface area contributed by atoms with Crippen molar-refractivity contribution in [2.24, 2.45) is 7.05 Å². The second kappa shape index (κ2) is 4.96. The van der Waals surface area contributed by atoms with Crippen molar-refractivity contribution in [1.29, 1.82) is 0 Å². The van der Waals surface area contributed by atoms with Crippen LogP contribution in [0.1, 0.15) is 27.3 Å². The van der Waals surface area contributed by atoms with Crippen molar-refractivity contribution in [2.75, 3.05) is 5.32 Å². The Bertz CT molecular complexity index is 788. The Labute approximate surface area is 126 Å². The number of nitrogens with zero attached hydrogens (tertiary/aromatic N) is 3. The van der Waals surface area contributed by atoms with Crippen LogP contribution in [0.15, 0.2) is 18.2 Å². The lowest BCUT2D eigenvalue weighted by atomic mass is 10.1. The van der Waals surface area contributed by atoms with Gasteiger partial charge in [-0.3, -0.25) is 14.8 Å². The van der Waals surface area contributed by atoms with E-state index >= 15 is 0 Å². The zero-order valence-electron chi connectivity index (χ0n) is 12.4. The number of aryl methyl sites for hydroxylation is 4. The molecular formula is C15H16N4OS. The standard InChI is InChI=1S/C15H16N4OS/c1-8-5-6-9(2)13-12(8)16-15(21-13)17-14(20)11-7-10(3)19(4)18-11/h5-7H,1-4H3,(H,16,17,20). The van der Waals surface area contributed by atoms with Gasteiger partial charge < -0.3 is 0 Å². The molecule has 21 heavy (non-hydrogen) atoms. The molecule has 2 heterocycles. The summed E-state index contributed by atoms with van der Waals surface area (Å²) in [5, 5.41) is 7.62. The zero-order chi connectivity index (χ0) is 15.1. The lowest BCUT2D eigenvalue weighted by Gasteiger charge is -1.96. The molecule has 0 aliphatic carbocycles. The third-order valence-electron chi connectivity index (χ3n) is 3.51. The Hall–Kier alpha value is -2.21. The molecule has 0 radical (unpaired) electrons. The van der Waals surface area contributed by atoms with Crippen LogP contribution in [0.25, 0.3) is 10.2 Å². The molecule has 0 spiro atoms. The number of benzene rings is 1. The average molecular weight is 300 g/mol. The molecular weight excluding hydrogens is 284 g/mol. The minimum Gasteiger partial charge on any atom is -0.296 e. The first-order valence-corrected chi connectivity index (χ1v) is 7.46. The van der Waals surface area contributed by atoms with Crippen molar-refractivity contribution < 1.29 is 4.79 Å². The second-order valence-corrected chi connectivity index (χ2v) is 6.14. The molecule has 0 atom stereocenters. The maximum absolute atomic E-state index is 12.2. The highest BCUT2D eigenvalue weighted by Gasteiger charge is 2.14. The van der Waals surface area contributed by atoms with E-state index in [-0.39, 0.29) is 5.91 Å². The van der Waals surface area contributed by atoms with Gasteiger partial charge in [0.2, 0.25) is 0 Å². The first kappa shape index (κ1) is 13.8. The van der Waals surface area contributed by atoms with Gasteiger partial charge in [0.1, 0.15) is 0 Å². The number of hydrogen-bond donors (Lipinski definition) is 1. The predicted octanol–water partition coefficient (Wildman–Crippen LogP) is 3.21. The second-order valence-electron chi connectivity index (χ2n) is 5.14. The number of carbonyl (C=O) groups is 1. The summed E-state index contributed by atoms with van der Waals surface area (Å²) >= 11 is 1.49. The third kappa shape index (κ3) is 2.42. The molecule has 0 saturated heterocycles. The minimum absolute atomic E-state index is 0.229. The van der Waals surface area contributed by atoms with E-state index in [1.54, 1.807) is 10.7 Å². The molecule has 6 heteroatoms. The molecule has 0 aliphatic rings. The average Bonchev–Trinajstić information content (AvgIpc) is 3.00. The molecule has 3 rings (SSSR count). The quantitative estimate of drug-likeness (QED) is 0.790. The Morgan fingerprint density at radius 3 is 2.57 bits per heavy atom. The van der Waals surface area contributed by atoms with Crippen LogP contribution in [0, 0.1) is 20.8 Å². The largest absolute Gasteiger partial charge is 0.296 e. The van der Waals surface area contributed by atoms with Gasteiger partial charge in [0.05, 0.1) is 10.2 Å². The summed E-state index contributed by atoms with van der Waals surface area (Å²) in [5.41, 5.74) is 4.58. The highest BCUT2D eigenvalue weighted by molar-refractivity contribution is 7.22. The fourth-order valence-corrected chi connectivity index (χ4v) is 3.15. The predicted molar refractivity (Wildman–Crippen MR) is 85.0 cm³/mol. The number of nitrogens with one attached hydrogen (secondary N) is 1. The summed E-state index contributed by atoms with van der Waals surface area (Å²) < 4.78 is 2.80. The van der Waals surface area contributed by atoms with E-state index in [0.29, 0.717) is 10.8 Å². The molecule has 2 aromatic heterocycles. The van der Waals surface area contributed by atoms with Crippen molar-refractivity contribution in [3.8, 4) is 0 Å². The van der Waals surface area contributed by atoms with E-state index in [4.69, 9.17) is 0 Å². The maximum atomic E-state index is 12.2. The van der Waals surface area contributed by atoms with E-state index in [0.717, 1.165) is 21.5 Å². The first-order chi connectivity index (χ1) is 9.95. The monoisotopic (exact) mass is 300 g/mol. The van der Waals surface area contributed by atoms with Gasteiger partial charge in [0.15, 0.2) is 10.8 Å². The van der Waals surface area contributed by atoms with Gasteiger partial charge in [-0.25, -0.2) is 4.98 Å². The van der Waals surface area contributed by atoms with Crippen LogP contribution in [0.5, 0.6) is 0 Å². The first-order valence-electron chi connectivity index (χ1n) is 6.64. The molecule has 3 aromatic rings. The summed E-state index contributed by atoms with van der Waals surface area (Å²) in [6, 6.07) is 5.88. The fourth-order valence-electron chi connectivity index (χ4n) is 2.15. The number of thiazole rings is 1. The lowest BCUT2D eigenvalue weighted by molar-refractivity contribution is 0.102. The van der Waals surface area contributed by atoms with Crippen LogP contribution in [-0.4, -0.2) is 20.7 Å². The number of fused-ring (bicyclic) bond motifs is 1. The molecule has 0 unspecified atom stereocenters. The number of hydrogen-bond acceptors (Lipinski definition) is 4. The van der Waals surface area contributed by atoms with E-state index in [1.807, 2.05) is 33.9 Å². The lowest BCUT2D eigenvalue weighted by Crippen LogP contribution is -2.12. The van der Waals surface area contributed by atoms with Gasteiger partial charge >= 0.3 is 0 Å². The van der Waals surface area contributed by atoms with Crippen LogP contribution >= 0.6 is 11.3 Å². The Morgan fingerprint density at radius 1 is 1.24 bits per heavy atom. The minimum atomic E-state index is -0.229. The molecule has 0 bridgehead atoms. The van der Waals surface area contributed by atoms with E-state index in [2.05, 4.69) is 21.5 Å². The topological polar surface area (TPSA) is 59.8 Å². The molecule has 0 fully saturated rings. The van der Waals surface area contributed by atoms with Crippen molar-refractivity contribution in [3.63, 3.8) is 0 Å². The van der Waals surface area contributed by atoms with E-state index in [9.17, 15) is 4.79 Å². The van der Waals surface area contributed by atoms with E-state index in [1.165, 1.54) is 16.9 Å². The molecule has 0 aliphatic heterocycles. The number of anilines is 1. The molecule has 0 saturated carbocycles. The van der Waals surface area contributed by atoms with Crippen molar-refractivity contribution >= 4 is 32.6 Å². The van der Waals surface area contributed by atoms with Gasteiger partial charge in [-0.05, 0) is 38.0 Å². The summed E-state index contributed by atoms with van der Waals surface area (Å²) in [7, 11) is 1.82. The third-order valence-corrected chi connectivity index (χ3v) is 4.62. The van der Waals surface area contributed by atoms with Crippen molar-refractivity contribution in [1.82, 2.24) is 14.8 Å². The number of amides is 1. The summed E-state index contributed by atoms with van der Waals surface area (Å²) in [4.78, 5) is 16.7. The van der Waals surface area contributed by atoms with E-state index < -0.39 is 0 Å². The summed E-state index contributed by atoms with van der Waals surface area (Å²) in [6.45, 7) is 5.98. The van der Waals surface area contributed by atoms with Crippen molar-refractivity contribution in [2.45, 2.75) is 20.8 Å². The van der Waals surface area contributed by atoms with Gasteiger partial charge in [0, 0.05) is 12.7 Å². The molecule has 5 nitrogen and oxygen atoms in total. The number of rotatable bonds is 2. The molecule has 1 amide bonds. The van der Waals surface area contributed by atoms with Crippen LogP contribution in [0.4, 0.5) is 5.13 Å². The maximum Gasteiger partial charge on any atom is 0.277 e. The van der Waals surface area contributed by atoms with Crippen LogP contribution in [-0.2, 0) is 7.05 Å².